The molecule has 2 aromatic rings. The minimum absolute atomic E-state index is 0.0507. The van der Waals surface area contributed by atoms with Gasteiger partial charge in [0.15, 0.2) is 5.76 Å². The highest BCUT2D eigenvalue weighted by atomic mass is 127. The summed E-state index contributed by atoms with van der Waals surface area (Å²) in [6.45, 7) is 0. The maximum absolute atomic E-state index is 12.5. The van der Waals surface area contributed by atoms with Crippen LogP contribution in [-0.2, 0) is 6.18 Å². The summed E-state index contributed by atoms with van der Waals surface area (Å²) in [5, 5.41) is 3.07. The Hall–Kier alpha value is -1.25. The quantitative estimate of drug-likeness (QED) is 0.752. The Morgan fingerprint density at radius 3 is 2.28 bits per heavy atom. The number of rotatable bonds is 2. The number of ether oxygens (including phenoxy) is 1. The molecule has 0 aliphatic rings. The molecule has 3 nitrogen and oxygen atoms in total. The molecule has 96 valence electrons. The van der Waals surface area contributed by atoms with Gasteiger partial charge in [-0.2, -0.15) is 13.2 Å². The summed E-state index contributed by atoms with van der Waals surface area (Å²) in [6, 6.07) is 6.51. The molecule has 0 fully saturated rings. The molecule has 0 atom stereocenters. The Balaban J connectivity index is 2.42. The van der Waals surface area contributed by atoms with Crippen molar-refractivity contribution in [2.24, 2.45) is 0 Å². The third-order valence-corrected chi connectivity index (χ3v) is 3.26. The zero-order valence-corrected chi connectivity index (χ0v) is 11.2. The zero-order chi connectivity index (χ0) is 13.3. The summed E-state index contributed by atoms with van der Waals surface area (Å²) < 4.78 is 47.3. The Kier molecular flexibility index (Phi) is 3.51. The summed E-state index contributed by atoms with van der Waals surface area (Å²) >= 11 is 1.58. The van der Waals surface area contributed by atoms with Crippen molar-refractivity contribution in [1.29, 1.82) is 0 Å². The van der Waals surface area contributed by atoms with Crippen LogP contribution >= 0.6 is 22.6 Å². The molecule has 7 heteroatoms. The fourth-order valence-corrected chi connectivity index (χ4v) is 2.19. The van der Waals surface area contributed by atoms with Crippen molar-refractivity contribution in [3.63, 3.8) is 0 Å². The summed E-state index contributed by atoms with van der Waals surface area (Å²) in [5.74, 6) is 0.717. The van der Waals surface area contributed by atoms with Crippen molar-refractivity contribution in [3.05, 3.63) is 33.5 Å². The van der Waals surface area contributed by atoms with E-state index in [1.165, 1.54) is 7.11 Å². The van der Waals surface area contributed by atoms with Crippen molar-refractivity contribution in [3.8, 4) is 17.1 Å². The molecule has 0 spiro atoms. The van der Waals surface area contributed by atoms with Crippen LogP contribution in [0, 0.1) is 3.57 Å². The second kappa shape index (κ2) is 4.79. The lowest BCUT2D eigenvalue weighted by molar-refractivity contribution is -0.143. The predicted molar refractivity (Wildman–Crippen MR) is 66.2 cm³/mol. The smallest absolute Gasteiger partial charge is 0.437 e. The maximum Gasteiger partial charge on any atom is 0.437 e. The van der Waals surface area contributed by atoms with Gasteiger partial charge >= 0.3 is 6.18 Å². The van der Waals surface area contributed by atoms with Crippen LogP contribution in [0.4, 0.5) is 13.2 Å². The van der Waals surface area contributed by atoms with E-state index < -0.39 is 11.9 Å². The van der Waals surface area contributed by atoms with E-state index in [1.807, 2.05) is 0 Å². The van der Waals surface area contributed by atoms with Crippen LogP contribution in [0.5, 0.6) is 5.75 Å². The Labute approximate surface area is 114 Å². The number of nitrogens with zero attached hydrogens (tertiary/aromatic N) is 1. The third kappa shape index (κ3) is 2.45. The molecule has 2 rings (SSSR count). The molecule has 1 aromatic heterocycles. The molecule has 0 N–H and O–H groups in total. The minimum atomic E-state index is -4.51. The number of benzene rings is 1. The molecule has 0 aliphatic carbocycles. The lowest BCUT2D eigenvalue weighted by Crippen LogP contribution is -2.07. The number of methoxy groups -OCH3 is 1. The van der Waals surface area contributed by atoms with E-state index in [-0.39, 0.29) is 9.33 Å². The van der Waals surface area contributed by atoms with E-state index in [0.29, 0.717) is 11.3 Å². The predicted octanol–water partition coefficient (Wildman–Crippen LogP) is 3.97. The van der Waals surface area contributed by atoms with Crippen LogP contribution in [0.25, 0.3) is 11.3 Å². The van der Waals surface area contributed by atoms with Crippen molar-refractivity contribution < 1.29 is 22.4 Å². The van der Waals surface area contributed by atoms with Crippen molar-refractivity contribution >= 4 is 22.6 Å². The monoisotopic (exact) mass is 369 g/mol. The van der Waals surface area contributed by atoms with Crippen LogP contribution < -0.4 is 4.74 Å². The van der Waals surface area contributed by atoms with E-state index >= 15 is 0 Å². The first-order chi connectivity index (χ1) is 8.43. The highest BCUT2D eigenvalue weighted by Crippen LogP contribution is 2.37. The van der Waals surface area contributed by atoms with E-state index in [0.717, 1.165) is 0 Å². The van der Waals surface area contributed by atoms with Crippen LogP contribution in [0.1, 0.15) is 5.69 Å². The fourth-order valence-electron chi connectivity index (χ4n) is 1.38. The second-order valence-electron chi connectivity index (χ2n) is 3.40. The molecule has 0 amide bonds. The summed E-state index contributed by atoms with van der Waals surface area (Å²) in [4.78, 5) is 0. The first kappa shape index (κ1) is 13.2. The third-order valence-electron chi connectivity index (χ3n) is 2.26. The first-order valence-electron chi connectivity index (χ1n) is 4.80. The molecule has 18 heavy (non-hydrogen) atoms. The van der Waals surface area contributed by atoms with Crippen LogP contribution in [0.3, 0.4) is 0 Å². The Bertz CT molecular complexity index is 548. The van der Waals surface area contributed by atoms with Gasteiger partial charge in [0.2, 0.25) is 5.69 Å². The van der Waals surface area contributed by atoms with Crippen LogP contribution in [0.15, 0.2) is 28.8 Å². The van der Waals surface area contributed by atoms with Crippen LogP contribution in [-0.4, -0.2) is 12.3 Å². The number of aromatic nitrogens is 1. The molecular formula is C11H7F3INO2. The van der Waals surface area contributed by atoms with Gasteiger partial charge in [-0.3, -0.25) is 0 Å². The first-order valence-corrected chi connectivity index (χ1v) is 5.88. The van der Waals surface area contributed by atoms with Gasteiger partial charge in [0.05, 0.1) is 10.7 Å². The van der Waals surface area contributed by atoms with Crippen LogP contribution in [0.2, 0.25) is 0 Å². The van der Waals surface area contributed by atoms with E-state index in [4.69, 9.17) is 9.26 Å². The summed E-state index contributed by atoms with van der Waals surface area (Å²) in [6.07, 6.45) is -4.51. The lowest BCUT2D eigenvalue weighted by Gasteiger charge is -2.02. The second-order valence-corrected chi connectivity index (χ2v) is 4.48. The van der Waals surface area contributed by atoms with Gasteiger partial charge in [0, 0.05) is 5.56 Å². The molecule has 0 saturated carbocycles. The normalized spacial score (nSPS) is 11.6. The van der Waals surface area contributed by atoms with Crippen molar-refractivity contribution in [1.82, 2.24) is 5.16 Å². The Morgan fingerprint density at radius 1 is 1.22 bits per heavy atom. The summed E-state index contributed by atoms with van der Waals surface area (Å²) in [5.41, 5.74) is -0.489. The topological polar surface area (TPSA) is 35.3 Å². The van der Waals surface area contributed by atoms with Crippen molar-refractivity contribution in [2.75, 3.05) is 7.11 Å². The average Bonchev–Trinajstić information content (AvgIpc) is 2.71. The standard InChI is InChI=1S/C11H7F3INO2/c1-17-7-4-2-6(3-5-7)9-8(15)10(16-18-9)11(12,13)14/h2-5H,1H3. The van der Waals surface area contributed by atoms with Gasteiger partial charge in [0.25, 0.3) is 0 Å². The van der Waals surface area contributed by atoms with Gasteiger partial charge in [0.1, 0.15) is 5.75 Å². The molecule has 0 saturated heterocycles. The van der Waals surface area contributed by atoms with E-state index in [9.17, 15) is 13.2 Å². The molecule has 0 bridgehead atoms. The molecule has 0 unspecified atom stereocenters. The van der Waals surface area contributed by atoms with E-state index in [1.54, 1.807) is 46.9 Å². The Morgan fingerprint density at radius 2 is 1.83 bits per heavy atom. The number of halogens is 4. The van der Waals surface area contributed by atoms with Gasteiger partial charge in [-0.05, 0) is 46.9 Å². The molecule has 1 heterocycles. The van der Waals surface area contributed by atoms with Gasteiger partial charge in [-0.15, -0.1) is 0 Å². The zero-order valence-electron chi connectivity index (χ0n) is 9.08. The highest BCUT2D eigenvalue weighted by Gasteiger charge is 2.38. The highest BCUT2D eigenvalue weighted by molar-refractivity contribution is 14.1. The number of hydrogen-bond donors (Lipinski definition) is 0. The number of hydrogen-bond acceptors (Lipinski definition) is 3. The molecule has 1 aromatic carbocycles. The van der Waals surface area contributed by atoms with E-state index in [2.05, 4.69) is 5.16 Å². The maximum atomic E-state index is 12.5. The lowest BCUT2D eigenvalue weighted by atomic mass is 10.1. The van der Waals surface area contributed by atoms with Gasteiger partial charge < -0.3 is 9.26 Å². The summed E-state index contributed by atoms with van der Waals surface area (Å²) in [7, 11) is 1.51. The fraction of sp³-hybridized carbons (Fsp3) is 0.182. The van der Waals surface area contributed by atoms with Gasteiger partial charge in [-0.25, -0.2) is 0 Å². The van der Waals surface area contributed by atoms with Crippen molar-refractivity contribution in [2.45, 2.75) is 6.18 Å². The van der Waals surface area contributed by atoms with Gasteiger partial charge in [-0.1, -0.05) is 5.16 Å². The molecular weight excluding hydrogens is 362 g/mol. The number of alkyl halides is 3. The largest absolute Gasteiger partial charge is 0.497 e. The average molecular weight is 369 g/mol. The molecule has 0 aliphatic heterocycles. The SMILES string of the molecule is COc1ccc(-c2onc(C(F)(F)F)c2I)cc1. The minimum Gasteiger partial charge on any atom is -0.497 e. The molecule has 0 radical (unpaired) electrons.